The molecule has 0 amide bonds. The molecule has 8 N–H and O–H groups in total. The van der Waals surface area contributed by atoms with Gasteiger partial charge in [0, 0.05) is 0 Å². The summed E-state index contributed by atoms with van der Waals surface area (Å²) in [7, 11) is 0. The number of nitrogens with zero attached hydrogens (tertiary/aromatic N) is 2. The van der Waals surface area contributed by atoms with Gasteiger partial charge in [-0.25, -0.2) is 4.99 Å². The van der Waals surface area contributed by atoms with E-state index in [1.54, 1.807) is 18.2 Å². The monoisotopic (exact) mass is 233 g/mol. The third kappa shape index (κ3) is 2.25. The van der Waals surface area contributed by atoms with E-state index in [9.17, 15) is 4.79 Å². The van der Waals surface area contributed by atoms with E-state index in [1.807, 2.05) is 0 Å². The topological polar surface area (TPSA) is 151 Å². The molecule has 0 atom stereocenters. The molecule has 8 nitrogen and oxygen atoms in total. The number of fused-ring (bicyclic) bond motifs is 1. The lowest BCUT2D eigenvalue weighted by molar-refractivity contribution is 1.08. The lowest BCUT2D eigenvalue weighted by Crippen LogP contribution is -2.26. The van der Waals surface area contributed by atoms with Crippen LogP contribution in [-0.4, -0.2) is 22.1 Å². The predicted octanol–water partition coefficient (Wildman–Crippen LogP) is -0.924. The average molecular weight is 233 g/mol. The van der Waals surface area contributed by atoms with E-state index in [0.29, 0.717) is 16.6 Å². The minimum atomic E-state index is -0.225. The molecule has 1 aromatic carbocycles. The second-order valence-electron chi connectivity index (χ2n) is 3.32. The van der Waals surface area contributed by atoms with Crippen molar-refractivity contribution in [2.75, 3.05) is 0 Å². The van der Waals surface area contributed by atoms with Crippen molar-refractivity contribution < 1.29 is 0 Å². The van der Waals surface area contributed by atoms with Crippen molar-refractivity contribution in [2.45, 2.75) is 0 Å². The Bertz CT molecular complexity index is 659. The number of aromatic nitrogens is 2. The van der Waals surface area contributed by atoms with Gasteiger partial charge in [0.1, 0.15) is 0 Å². The lowest BCUT2D eigenvalue weighted by Gasteiger charge is -1.95. The van der Waals surface area contributed by atoms with Crippen LogP contribution >= 0.6 is 0 Å². The van der Waals surface area contributed by atoms with Crippen molar-refractivity contribution >= 4 is 28.5 Å². The molecule has 0 unspecified atom stereocenters. The summed E-state index contributed by atoms with van der Waals surface area (Å²) in [6, 6.07) is 4.97. The van der Waals surface area contributed by atoms with Gasteiger partial charge in [-0.3, -0.25) is 15.0 Å². The Morgan fingerprint density at radius 3 is 2.65 bits per heavy atom. The van der Waals surface area contributed by atoms with E-state index in [4.69, 9.17) is 17.2 Å². The van der Waals surface area contributed by atoms with Crippen molar-refractivity contribution in [3.05, 3.63) is 28.6 Å². The van der Waals surface area contributed by atoms with Crippen molar-refractivity contribution in [1.82, 2.24) is 10.2 Å². The van der Waals surface area contributed by atoms with E-state index in [-0.39, 0.29) is 17.5 Å². The smallest absolute Gasteiger partial charge is 0.271 e. The molecule has 0 aliphatic heterocycles. The minimum absolute atomic E-state index is 0.0729. The van der Waals surface area contributed by atoms with Crippen molar-refractivity contribution in [1.29, 1.82) is 0 Å². The normalized spacial score (nSPS) is 11.6. The summed E-state index contributed by atoms with van der Waals surface area (Å²) in [4.78, 5) is 18.9. The molecule has 0 saturated carbocycles. The van der Waals surface area contributed by atoms with Crippen LogP contribution < -0.4 is 22.8 Å². The highest BCUT2D eigenvalue weighted by atomic mass is 16.1. The van der Waals surface area contributed by atoms with Crippen molar-refractivity contribution in [2.24, 2.45) is 27.2 Å². The van der Waals surface area contributed by atoms with Gasteiger partial charge in [0.05, 0.1) is 16.6 Å². The number of aromatic amines is 2. The van der Waals surface area contributed by atoms with Crippen LogP contribution in [-0.2, 0) is 0 Å². The van der Waals surface area contributed by atoms with E-state index < -0.39 is 0 Å². The zero-order valence-electron chi connectivity index (χ0n) is 8.77. The molecular weight excluding hydrogens is 222 g/mol. The fourth-order valence-corrected chi connectivity index (χ4v) is 1.38. The van der Waals surface area contributed by atoms with E-state index >= 15 is 0 Å². The second-order valence-corrected chi connectivity index (χ2v) is 3.32. The summed E-state index contributed by atoms with van der Waals surface area (Å²) in [6.45, 7) is 0. The SMILES string of the molecule is NC(N)=NC(N)=Nc1ccc2[nH][nH]c(=O)c2c1. The molecule has 17 heavy (non-hydrogen) atoms. The molecule has 2 aromatic rings. The number of hydrogen-bond donors (Lipinski definition) is 5. The third-order valence-electron chi connectivity index (χ3n) is 2.05. The number of nitrogens with one attached hydrogen (secondary N) is 2. The third-order valence-corrected chi connectivity index (χ3v) is 2.05. The largest absolute Gasteiger partial charge is 0.370 e. The second kappa shape index (κ2) is 4.00. The van der Waals surface area contributed by atoms with Gasteiger partial charge >= 0.3 is 0 Å². The first-order valence-electron chi connectivity index (χ1n) is 4.70. The van der Waals surface area contributed by atoms with Crippen LogP contribution in [0.1, 0.15) is 0 Å². The molecule has 0 aliphatic carbocycles. The van der Waals surface area contributed by atoms with Gasteiger partial charge < -0.3 is 17.2 Å². The standard InChI is InChI=1S/C9H11N7O/c10-8(11)14-9(12)13-4-1-2-6-5(3-4)7(17)16-15-6/h1-3H,(H2,15,16,17)(H6,10,11,12,13,14). The summed E-state index contributed by atoms with van der Waals surface area (Å²) in [5.41, 5.74) is 16.7. The summed E-state index contributed by atoms with van der Waals surface area (Å²) < 4.78 is 0. The maximum absolute atomic E-state index is 11.4. The van der Waals surface area contributed by atoms with E-state index in [1.165, 1.54) is 0 Å². The van der Waals surface area contributed by atoms with E-state index in [2.05, 4.69) is 20.2 Å². The van der Waals surface area contributed by atoms with Gasteiger partial charge in [0.2, 0.25) is 5.96 Å². The Morgan fingerprint density at radius 1 is 1.18 bits per heavy atom. The summed E-state index contributed by atoms with van der Waals surface area (Å²) in [6.07, 6.45) is 0. The molecule has 0 fully saturated rings. The number of nitrogens with two attached hydrogens (primary N) is 3. The summed E-state index contributed by atoms with van der Waals surface area (Å²) in [5.74, 6) is -0.247. The Hall–Kier alpha value is -2.77. The van der Waals surface area contributed by atoms with Crippen LogP contribution in [0.25, 0.3) is 10.9 Å². The molecule has 1 aromatic heterocycles. The van der Waals surface area contributed by atoms with Crippen molar-refractivity contribution in [3.8, 4) is 0 Å². The Kier molecular flexibility index (Phi) is 2.53. The molecule has 0 aliphatic rings. The number of H-pyrrole nitrogens is 2. The molecule has 88 valence electrons. The van der Waals surface area contributed by atoms with Crippen LogP contribution in [0.3, 0.4) is 0 Å². The van der Waals surface area contributed by atoms with Gasteiger partial charge in [0.15, 0.2) is 5.96 Å². The Morgan fingerprint density at radius 2 is 1.94 bits per heavy atom. The van der Waals surface area contributed by atoms with Crippen LogP contribution in [0, 0.1) is 0 Å². The summed E-state index contributed by atoms with van der Waals surface area (Å²) in [5, 5.41) is 5.67. The van der Waals surface area contributed by atoms with Crippen LogP contribution in [0.15, 0.2) is 33.0 Å². The highest BCUT2D eigenvalue weighted by Crippen LogP contribution is 2.16. The number of rotatable bonds is 1. The van der Waals surface area contributed by atoms with Crippen LogP contribution in [0.2, 0.25) is 0 Å². The van der Waals surface area contributed by atoms with Gasteiger partial charge in [-0.1, -0.05) is 0 Å². The highest BCUT2D eigenvalue weighted by Gasteiger charge is 2.01. The van der Waals surface area contributed by atoms with Gasteiger partial charge in [0.25, 0.3) is 5.56 Å². The average Bonchev–Trinajstić information content (AvgIpc) is 2.59. The zero-order chi connectivity index (χ0) is 12.4. The maximum Gasteiger partial charge on any atom is 0.271 e. The predicted molar refractivity (Wildman–Crippen MR) is 66.0 cm³/mol. The fraction of sp³-hybridized carbons (Fsp3) is 0. The minimum Gasteiger partial charge on any atom is -0.370 e. The van der Waals surface area contributed by atoms with Crippen LogP contribution in [0.5, 0.6) is 0 Å². The molecule has 0 saturated heterocycles. The Balaban J connectivity index is 2.46. The van der Waals surface area contributed by atoms with Gasteiger partial charge in [-0.2, -0.15) is 4.99 Å². The number of aliphatic imine (C=N–C) groups is 2. The summed E-state index contributed by atoms with van der Waals surface area (Å²) >= 11 is 0. The molecule has 0 bridgehead atoms. The highest BCUT2D eigenvalue weighted by molar-refractivity contribution is 5.94. The van der Waals surface area contributed by atoms with E-state index in [0.717, 1.165) is 0 Å². The molecule has 0 spiro atoms. The Labute approximate surface area is 95.2 Å². The maximum atomic E-state index is 11.4. The first kappa shape index (κ1) is 10.7. The molecule has 8 heteroatoms. The molecule has 0 radical (unpaired) electrons. The van der Waals surface area contributed by atoms with Crippen molar-refractivity contribution in [3.63, 3.8) is 0 Å². The molecule has 2 rings (SSSR count). The van der Waals surface area contributed by atoms with Crippen LogP contribution in [0.4, 0.5) is 5.69 Å². The quantitative estimate of drug-likeness (QED) is 0.319. The zero-order valence-corrected chi connectivity index (χ0v) is 8.77. The number of guanidine groups is 2. The molecule has 1 heterocycles. The first-order valence-corrected chi connectivity index (χ1v) is 4.70. The number of benzene rings is 1. The molecular formula is C9H11N7O. The van der Waals surface area contributed by atoms with Gasteiger partial charge in [-0.05, 0) is 18.2 Å². The first-order chi connectivity index (χ1) is 8.06. The lowest BCUT2D eigenvalue weighted by atomic mass is 10.2. The van der Waals surface area contributed by atoms with Gasteiger partial charge in [-0.15, -0.1) is 0 Å². The fourth-order valence-electron chi connectivity index (χ4n) is 1.38. The number of hydrogen-bond acceptors (Lipinski definition) is 2.